The molecule has 0 heterocycles. The summed E-state index contributed by atoms with van der Waals surface area (Å²) in [6.45, 7) is 0. The summed E-state index contributed by atoms with van der Waals surface area (Å²) >= 11 is 0. The van der Waals surface area contributed by atoms with Gasteiger partial charge in [0, 0.05) is 30.8 Å². The highest BCUT2D eigenvalue weighted by molar-refractivity contribution is 5.94. The van der Waals surface area contributed by atoms with E-state index in [2.05, 4.69) is 0 Å². The maximum absolute atomic E-state index is 12.2. The zero-order valence-corrected chi connectivity index (χ0v) is 10.3. The summed E-state index contributed by atoms with van der Waals surface area (Å²) in [5, 5.41) is 10.5. The summed E-state index contributed by atoms with van der Waals surface area (Å²) in [4.78, 5) is 24.0. The van der Waals surface area contributed by atoms with Gasteiger partial charge in [0.1, 0.15) is 0 Å². The van der Waals surface area contributed by atoms with Crippen LogP contribution in [-0.2, 0) is 0 Å². The largest absolute Gasteiger partial charge is 0.339 e. The van der Waals surface area contributed by atoms with Crippen LogP contribution in [0.15, 0.2) is 24.3 Å². The number of nitro benzene ring substituents is 1. The van der Waals surface area contributed by atoms with E-state index in [-0.39, 0.29) is 11.6 Å². The van der Waals surface area contributed by atoms with E-state index in [0.717, 1.165) is 12.8 Å². The number of hydrogen-bond donors (Lipinski definition) is 0. The van der Waals surface area contributed by atoms with Crippen molar-refractivity contribution in [2.24, 2.45) is 0 Å². The van der Waals surface area contributed by atoms with Crippen LogP contribution in [-0.4, -0.2) is 28.8 Å². The molecule has 2 rings (SSSR count). The van der Waals surface area contributed by atoms with Crippen molar-refractivity contribution in [3.63, 3.8) is 0 Å². The quantitative estimate of drug-likeness (QED) is 0.610. The highest BCUT2D eigenvalue weighted by Gasteiger charge is 2.24. The van der Waals surface area contributed by atoms with Gasteiger partial charge in [-0.3, -0.25) is 14.9 Å². The third-order valence-electron chi connectivity index (χ3n) is 3.52. The van der Waals surface area contributed by atoms with Crippen LogP contribution in [0, 0.1) is 10.1 Å². The summed E-state index contributed by atoms with van der Waals surface area (Å²) in [7, 11) is 1.81. The lowest BCUT2D eigenvalue weighted by Crippen LogP contribution is -2.35. The van der Waals surface area contributed by atoms with Gasteiger partial charge in [0.15, 0.2) is 0 Å². The molecule has 0 spiro atoms. The van der Waals surface area contributed by atoms with Gasteiger partial charge >= 0.3 is 0 Å². The zero-order valence-electron chi connectivity index (χ0n) is 10.3. The van der Waals surface area contributed by atoms with Crippen molar-refractivity contribution < 1.29 is 9.72 Å². The molecule has 1 saturated carbocycles. The van der Waals surface area contributed by atoms with Gasteiger partial charge in [-0.1, -0.05) is 12.8 Å². The van der Waals surface area contributed by atoms with Crippen LogP contribution in [0.2, 0.25) is 0 Å². The van der Waals surface area contributed by atoms with E-state index in [0.29, 0.717) is 11.6 Å². The smallest absolute Gasteiger partial charge is 0.269 e. The van der Waals surface area contributed by atoms with Crippen LogP contribution >= 0.6 is 0 Å². The monoisotopic (exact) mass is 248 g/mol. The molecular formula is C13H16N2O3. The van der Waals surface area contributed by atoms with E-state index in [1.807, 2.05) is 0 Å². The molecule has 0 bridgehead atoms. The number of hydrogen-bond acceptors (Lipinski definition) is 3. The molecule has 18 heavy (non-hydrogen) atoms. The summed E-state index contributed by atoms with van der Waals surface area (Å²) in [5.41, 5.74) is 0.519. The zero-order chi connectivity index (χ0) is 13.1. The molecule has 1 amide bonds. The molecule has 1 fully saturated rings. The van der Waals surface area contributed by atoms with Crippen molar-refractivity contribution in [2.45, 2.75) is 31.7 Å². The van der Waals surface area contributed by atoms with E-state index in [9.17, 15) is 14.9 Å². The van der Waals surface area contributed by atoms with Gasteiger partial charge in [0.05, 0.1) is 4.92 Å². The van der Waals surface area contributed by atoms with Gasteiger partial charge in [-0.2, -0.15) is 0 Å². The molecule has 5 nitrogen and oxygen atoms in total. The summed E-state index contributed by atoms with van der Waals surface area (Å²) in [6, 6.07) is 6.09. The van der Waals surface area contributed by atoms with Crippen molar-refractivity contribution in [1.29, 1.82) is 0 Å². The molecular weight excluding hydrogens is 232 g/mol. The Balaban J connectivity index is 2.10. The highest BCUT2D eigenvalue weighted by Crippen LogP contribution is 2.24. The first-order valence-electron chi connectivity index (χ1n) is 6.11. The van der Waals surface area contributed by atoms with E-state index in [4.69, 9.17) is 0 Å². The Kier molecular flexibility index (Phi) is 3.60. The Labute approximate surface area is 106 Å². The summed E-state index contributed by atoms with van der Waals surface area (Å²) in [6.07, 6.45) is 4.44. The first-order chi connectivity index (χ1) is 8.59. The maximum Gasteiger partial charge on any atom is 0.269 e. The van der Waals surface area contributed by atoms with Gasteiger partial charge in [-0.25, -0.2) is 0 Å². The molecule has 0 radical (unpaired) electrons. The molecule has 0 saturated heterocycles. The molecule has 0 aliphatic heterocycles. The highest BCUT2D eigenvalue weighted by atomic mass is 16.6. The lowest BCUT2D eigenvalue weighted by molar-refractivity contribution is -0.384. The average Bonchev–Trinajstić information content (AvgIpc) is 2.91. The molecule has 1 aliphatic carbocycles. The normalized spacial score (nSPS) is 15.6. The summed E-state index contributed by atoms with van der Waals surface area (Å²) in [5.74, 6) is -0.0585. The third-order valence-corrected chi connectivity index (χ3v) is 3.52. The second-order valence-corrected chi connectivity index (χ2v) is 4.66. The number of nitro groups is 1. The second kappa shape index (κ2) is 5.16. The Hall–Kier alpha value is -1.91. The molecule has 1 aromatic rings. The number of rotatable bonds is 3. The van der Waals surface area contributed by atoms with Crippen molar-refractivity contribution in [3.05, 3.63) is 39.9 Å². The Morgan fingerprint density at radius 2 is 1.83 bits per heavy atom. The van der Waals surface area contributed by atoms with Gasteiger partial charge in [0.25, 0.3) is 11.6 Å². The molecule has 0 unspecified atom stereocenters. The maximum atomic E-state index is 12.2. The minimum absolute atomic E-state index is 0.00932. The Morgan fingerprint density at radius 3 is 2.33 bits per heavy atom. The van der Waals surface area contributed by atoms with Crippen LogP contribution in [0.3, 0.4) is 0 Å². The van der Waals surface area contributed by atoms with Crippen LogP contribution < -0.4 is 0 Å². The Bertz CT molecular complexity index is 450. The number of carbonyl (C=O) groups is 1. The fraction of sp³-hybridized carbons (Fsp3) is 0.462. The molecule has 0 aromatic heterocycles. The number of nitrogens with zero attached hydrogens (tertiary/aromatic N) is 2. The first-order valence-corrected chi connectivity index (χ1v) is 6.11. The SMILES string of the molecule is CN(C(=O)c1ccc([N+](=O)[O-])cc1)C1CCCC1. The molecule has 0 N–H and O–H groups in total. The fourth-order valence-electron chi connectivity index (χ4n) is 2.39. The molecule has 1 aromatic carbocycles. The van der Waals surface area contributed by atoms with E-state index >= 15 is 0 Å². The lowest BCUT2D eigenvalue weighted by Gasteiger charge is -2.24. The number of amides is 1. The molecule has 5 heteroatoms. The number of benzene rings is 1. The topological polar surface area (TPSA) is 63.5 Å². The minimum Gasteiger partial charge on any atom is -0.339 e. The van der Waals surface area contributed by atoms with Crippen LogP contribution in [0.5, 0.6) is 0 Å². The lowest BCUT2D eigenvalue weighted by atomic mass is 10.1. The van der Waals surface area contributed by atoms with E-state index < -0.39 is 4.92 Å². The molecule has 0 atom stereocenters. The van der Waals surface area contributed by atoms with Crippen molar-refractivity contribution in [1.82, 2.24) is 4.90 Å². The standard InChI is InChI=1S/C13H16N2O3/c1-14(11-4-2-3-5-11)13(16)10-6-8-12(9-7-10)15(17)18/h6-9,11H,2-5H2,1H3. The second-order valence-electron chi connectivity index (χ2n) is 4.66. The summed E-state index contributed by atoms with van der Waals surface area (Å²) < 4.78 is 0. The number of non-ortho nitro benzene ring substituents is 1. The van der Waals surface area contributed by atoms with Crippen LogP contribution in [0.25, 0.3) is 0 Å². The third kappa shape index (κ3) is 2.50. The first kappa shape index (κ1) is 12.5. The van der Waals surface area contributed by atoms with Crippen molar-refractivity contribution in [2.75, 3.05) is 7.05 Å². The minimum atomic E-state index is -0.463. The molecule has 1 aliphatic rings. The Morgan fingerprint density at radius 1 is 1.28 bits per heavy atom. The fourth-order valence-corrected chi connectivity index (χ4v) is 2.39. The predicted molar refractivity (Wildman–Crippen MR) is 67.4 cm³/mol. The van der Waals surface area contributed by atoms with E-state index in [1.165, 1.54) is 37.1 Å². The van der Waals surface area contributed by atoms with Gasteiger partial charge in [0.2, 0.25) is 0 Å². The van der Waals surface area contributed by atoms with Gasteiger partial charge in [-0.05, 0) is 25.0 Å². The predicted octanol–water partition coefficient (Wildman–Crippen LogP) is 2.61. The van der Waals surface area contributed by atoms with Gasteiger partial charge < -0.3 is 4.90 Å². The van der Waals surface area contributed by atoms with Crippen molar-refractivity contribution in [3.8, 4) is 0 Å². The van der Waals surface area contributed by atoms with Crippen LogP contribution in [0.1, 0.15) is 36.0 Å². The van der Waals surface area contributed by atoms with Gasteiger partial charge in [-0.15, -0.1) is 0 Å². The van der Waals surface area contributed by atoms with Crippen LogP contribution in [0.4, 0.5) is 5.69 Å². The average molecular weight is 248 g/mol. The van der Waals surface area contributed by atoms with Crippen molar-refractivity contribution >= 4 is 11.6 Å². The van der Waals surface area contributed by atoms with E-state index in [1.54, 1.807) is 11.9 Å². The molecule has 96 valence electrons. The number of carbonyl (C=O) groups excluding carboxylic acids is 1.